The summed E-state index contributed by atoms with van der Waals surface area (Å²) in [7, 11) is 1.60. The minimum atomic E-state index is 0.151. The van der Waals surface area contributed by atoms with Gasteiger partial charge in [0, 0.05) is 0 Å². The summed E-state index contributed by atoms with van der Waals surface area (Å²) in [5.41, 5.74) is 1.37. The first-order valence-corrected chi connectivity index (χ1v) is 3.98. The van der Waals surface area contributed by atoms with E-state index in [1.807, 2.05) is 6.92 Å². The number of hydrogen-bond acceptors (Lipinski definition) is 3. The zero-order valence-electron chi connectivity index (χ0n) is 7.50. The van der Waals surface area contributed by atoms with Crippen molar-refractivity contribution in [2.24, 2.45) is 0 Å². The monoisotopic (exact) mass is 178 g/mol. The summed E-state index contributed by atoms with van der Waals surface area (Å²) >= 11 is 0. The van der Waals surface area contributed by atoms with E-state index in [4.69, 9.17) is 9.15 Å². The van der Waals surface area contributed by atoms with Gasteiger partial charge in [0.05, 0.1) is 18.8 Å². The Hall–Kier alpha value is -1.64. The summed E-state index contributed by atoms with van der Waals surface area (Å²) in [6, 6.07) is 3.41. The zero-order valence-corrected chi connectivity index (χ0v) is 7.50. The second kappa shape index (κ2) is 2.69. The van der Waals surface area contributed by atoms with Gasteiger partial charge in [-0.2, -0.15) is 0 Å². The van der Waals surface area contributed by atoms with Crippen LogP contribution in [0.4, 0.5) is 0 Å². The fourth-order valence-electron chi connectivity index (χ4n) is 1.51. The van der Waals surface area contributed by atoms with Gasteiger partial charge in [-0.15, -0.1) is 0 Å². The minimum Gasteiger partial charge on any atom is -0.504 e. The first kappa shape index (κ1) is 7.98. The lowest BCUT2D eigenvalue weighted by atomic mass is 10.1. The van der Waals surface area contributed by atoms with Crippen molar-refractivity contribution in [3.8, 4) is 11.5 Å². The second-order valence-electron chi connectivity index (χ2n) is 2.91. The molecule has 68 valence electrons. The Kier molecular flexibility index (Phi) is 1.65. The quantitative estimate of drug-likeness (QED) is 0.729. The van der Waals surface area contributed by atoms with Gasteiger partial charge in [-0.05, 0) is 24.6 Å². The fourth-order valence-corrected chi connectivity index (χ4v) is 1.51. The van der Waals surface area contributed by atoms with Crippen LogP contribution in [0.5, 0.6) is 11.5 Å². The van der Waals surface area contributed by atoms with E-state index in [1.165, 1.54) is 6.26 Å². The second-order valence-corrected chi connectivity index (χ2v) is 2.91. The number of hydrogen-bond donors (Lipinski definition) is 1. The fraction of sp³-hybridized carbons (Fsp3) is 0.200. The third-order valence-corrected chi connectivity index (χ3v) is 2.06. The van der Waals surface area contributed by atoms with Gasteiger partial charge in [0.25, 0.3) is 0 Å². The topological polar surface area (TPSA) is 42.6 Å². The zero-order chi connectivity index (χ0) is 9.42. The molecule has 0 aliphatic carbocycles. The summed E-state index contributed by atoms with van der Waals surface area (Å²) in [6.07, 6.45) is 1.53. The molecule has 1 aromatic carbocycles. The van der Waals surface area contributed by atoms with E-state index < -0.39 is 0 Å². The average Bonchev–Trinajstić information content (AvgIpc) is 2.53. The first-order valence-electron chi connectivity index (χ1n) is 3.98. The molecule has 0 aliphatic heterocycles. The van der Waals surface area contributed by atoms with Crippen LogP contribution in [-0.4, -0.2) is 12.2 Å². The third-order valence-electron chi connectivity index (χ3n) is 2.06. The van der Waals surface area contributed by atoms with Crippen molar-refractivity contribution in [3.05, 3.63) is 24.0 Å². The molecule has 0 fully saturated rings. The molecule has 0 saturated carbocycles. The van der Waals surface area contributed by atoms with Crippen molar-refractivity contribution in [3.63, 3.8) is 0 Å². The molecule has 2 aromatic rings. The molecule has 0 aliphatic rings. The van der Waals surface area contributed by atoms with E-state index in [0.717, 1.165) is 16.7 Å². The molecule has 13 heavy (non-hydrogen) atoms. The Labute approximate surface area is 75.5 Å². The molecular formula is C10H10O3. The summed E-state index contributed by atoms with van der Waals surface area (Å²) in [5, 5.41) is 10.3. The number of phenolic OH excluding ortho intramolecular Hbond substituents is 1. The van der Waals surface area contributed by atoms with Crippen LogP contribution in [0.3, 0.4) is 0 Å². The highest BCUT2D eigenvalue weighted by Crippen LogP contribution is 2.36. The lowest BCUT2D eigenvalue weighted by molar-refractivity contribution is 0.413. The molecule has 1 aromatic heterocycles. The van der Waals surface area contributed by atoms with Crippen LogP contribution in [0.2, 0.25) is 0 Å². The molecule has 0 amide bonds. The molecule has 0 spiro atoms. The highest BCUT2D eigenvalue weighted by Gasteiger charge is 2.11. The smallest absolute Gasteiger partial charge is 0.179 e. The highest BCUT2D eigenvalue weighted by atomic mass is 16.5. The van der Waals surface area contributed by atoms with E-state index >= 15 is 0 Å². The summed E-state index contributed by atoms with van der Waals surface area (Å²) in [4.78, 5) is 0. The van der Waals surface area contributed by atoms with Crippen molar-refractivity contribution in [1.82, 2.24) is 0 Å². The SMILES string of the molecule is COc1c(C)cc(O)c2occc12. The number of fused-ring (bicyclic) bond motifs is 1. The average molecular weight is 178 g/mol. The number of ether oxygens (including phenoxy) is 1. The summed E-state index contributed by atoms with van der Waals surface area (Å²) in [5.74, 6) is 0.903. The molecule has 1 N–H and O–H groups in total. The molecule has 0 bridgehead atoms. The van der Waals surface area contributed by atoms with Crippen molar-refractivity contribution in [2.75, 3.05) is 7.11 Å². The number of aryl methyl sites for hydroxylation is 1. The number of benzene rings is 1. The summed E-state index contributed by atoms with van der Waals surface area (Å²) in [6.45, 7) is 1.88. The van der Waals surface area contributed by atoms with Crippen LogP contribution in [0.1, 0.15) is 5.56 Å². The van der Waals surface area contributed by atoms with Crippen molar-refractivity contribution < 1.29 is 14.3 Å². The molecule has 0 unspecified atom stereocenters. The minimum absolute atomic E-state index is 0.151. The Bertz CT molecular complexity index is 443. The van der Waals surface area contributed by atoms with Crippen LogP contribution in [0.25, 0.3) is 11.0 Å². The molecule has 0 saturated heterocycles. The lowest BCUT2D eigenvalue weighted by Crippen LogP contribution is -1.87. The van der Waals surface area contributed by atoms with E-state index in [-0.39, 0.29) is 5.75 Å². The number of furan rings is 1. The maximum atomic E-state index is 9.51. The van der Waals surface area contributed by atoms with Crippen LogP contribution in [0.15, 0.2) is 22.8 Å². The number of methoxy groups -OCH3 is 1. The normalized spacial score (nSPS) is 10.6. The van der Waals surface area contributed by atoms with Crippen LogP contribution < -0.4 is 4.74 Å². The number of rotatable bonds is 1. The molecular weight excluding hydrogens is 168 g/mol. The van der Waals surface area contributed by atoms with Gasteiger partial charge in [-0.3, -0.25) is 0 Å². The van der Waals surface area contributed by atoms with Gasteiger partial charge in [-0.1, -0.05) is 0 Å². The van der Waals surface area contributed by atoms with Crippen molar-refractivity contribution >= 4 is 11.0 Å². The third kappa shape index (κ3) is 1.04. The molecule has 2 rings (SSSR count). The van der Waals surface area contributed by atoms with Gasteiger partial charge in [0.15, 0.2) is 11.3 Å². The van der Waals surface area contributed by atoms with Crippen molar-refractivity contribution in [2.45, 2.75) is 6.92 Å². The predicted molar refractivity (Wildman–Crippen MR) is 49.2 cm³/mol. The Morgan fingerprint density at radius 3 is 2.92 bits per heavy atom. The molecule has 0 atom stereocenters. The predicted octanol–water partition coefficient (Wildman–Crippen LogP) is 2.46. The lowest BCUT2D eigenvalue weighted by Gasteiger charge is -2.05. The Morgan fingerprint density at radius 2 is 2.23 bits per heavy atom. The standard InChI is InChI=1S/C10H10O3/c1-6-5-8(11)10-7(3-4-13-10)9(6)12-2/h3-5,11H,1-2H3. The van der Waals surface area contributed by atoms with E-state index in [9.17, 15) is 5.11 Å². The van der Waals surface area contributed by atoms with Gasteiger partial charge in [-0.25, -0.2) is 0 Å². The summed E-state index contributed by atoms with van der Waals surface area (Å²) < 4.78 is 10.3. The maximum Gasteiger partial charge on any atom is 0.179 e. The van der Waals surface area contributed by atoms with Crippen LogP contribution in [0, 0.1) is 6.92 Å². The van der Waals surface area contributed by atoms with Gasteiger partial charge in [0.2, 0.25) is 0 Å². The van der Waals surface area contributed by atoms with E-state index in [2.05, 4.69) is 0 Å². The van der Waals surface area contributed by atoms with E-state index in [0.29, 0.717) is 5.58 Å². The number of phenols is 1. The Morgan fingerprint density at radius 1 is 1.46 bits per heavy atom. The van der Waals surface area contributed by atoms with Crippen molar-refractivity contribution in [1.29, 1.82) is 0 Å². The van der Waals surface area contributed by atoms with E-state index in [1.54, 1.807) is 19.2 Å². The number of aromatic hydroxyl groups is 1. The van der Waals surface area contributed by atoms with Gasteiger partial charge < -0.3 is 14.3 Å². The van der Waals surface area contributed by atoms with Crippen LogP contribution in [-0.2, 0) is 0 Å². The van der Waals surface area contributed by atoms with Gasteiger partial charge >= 0.3 is 0 Å². The molecule has 3 nitrogen and oxygen atoms in total. The maximum absolute atomic E-state index is 9.51. The Balaban J connectivity index is 2.88. The van der Waals surface area contributed by atoms with Gasteiger partial charge in [0.1, 0.15) is 5.75 Å². The largest absolute Gasteiger partial charge is 0.504 e. The highest BCUT2D eigenvalue weighted by molar-refractivity contribution is 5.90. The molecule has 3 heteroatoms. The molecule has 0 radical (unpaired) electrons. The first-order chi connectivity index (χ1) is 6.24. The van der Waals surface area contributed by atoms with Crippen LogP contribution >= 0.6 is 0 Å². The molecule has 1 heterocycles.